The Balaban J connectivity index is 3.47. The first-order valence-electron chi connectivity index (χ1n) is 2.79. The molecular formula is C5H9BO3. The second kappa shape index (κ2) is 4.12. The molecule has 0 aliphatic heterocycles. The van der Waals surface area contributed by atoms with Crippen molar-refractivity contribution >= 4 is 19.6 Å². The fraction of sp³-hybridized carbons (Fsp3) is 0.600. The van der Waals surface area contributed by atoms with Gasteiger partial charge in [0.05, 0.1) is 7.11 Å². The van der Waals surface area contributed by atoms with E-state index in [-0.39, 0.29) is 12.2 Å². The topological polar surface area (TPSA) is 43.4 Å². The summed E-state index contributed by atoms with van der Waals surface area (Å²) in [6.07, 6.45) is 0.308. The molecule has 0 rings (SSSR count). The number of carbonyl (C=O) groups excluding carboxylic acids is 2. The van der Waals surface area contributed by atoms with Crippen molar-refractivity contribution in [1.82, 2.24) is 0 Å². The molecule has 0 fully saturated rings. The standard InChI is InChI=1S/C5H9BO3/c1-9-5(8)2-4(7)3-6/h2-3,6H2,1H3. The number of methoxy groups -OCH3 is 1. The third-order valence-electron chi connectivity index (χ3n) is 0.964. The van der Waals surface area contributed by atoms with E-state index in [0.717, 1.165) is 0 Å². The van der Waals surface area contributed by atoms with Crippen LogP contribution in [0.2, 0.25) is 6.32 Å². The van der Waals surface area contributed by atoms with Gasteiger partial charge in [0, 0.05) is 0 Å². The van der Waals surface area contributed by atoms with Crippen LogP contribution in [0.15, 0.2) is 0 Å². The minimum absolute atomic E-state index is 0.0816. The van der Waals surface area contributed by atoms with Crippen LogP contribution in [-0.4, -0.2) is 26.7 Å². The molecule has 0 saturated carbocycles. The Morgan fingerprint density at radius 2 is 2.11 bits per heavy atom. The second-order valence-electron chi connectivity index (χ2n) is 1.65. The highest BCUT2D eigenvalue weighted by Gasteiger charge is 2.05. The Kier molecular flexibility index (Phi) is 3.76. The Morgan fingerprint density at radius 1 is 1.56 bits per heavy atom. The number of ether oxygens (including phenoxy) is 1. The molecule has 0 atom stereocenters. The average molecular weight is 128 g/mol. The Bertz CT molecular complexity index is 107. The predicted octanol–water partition coefficient (Wildman–Crippen LogP) is -0.830. The lowest BCUT2D eigenvalue weighted by atomic mass is 9.99. The molecule has 0 N–H and O–H groups in total. The van der Waals surface area contributed by atoms with Crippen LogP contribution in [0.1, 0.15) is 6.42 Å². The molecule has 0 radical (unpaired) electrons. The molecule has 3 nitrogen and oxygen atoms in total. The third-order valence-corrected chi connectivity index (χ3v) is 0.964. The molecule has 50 valence electrons. The van der Waals surface area contributed by atoms with Crippen LogP contribution in [0.25, 0.3) is 0 Å². The van der Waals surface area contributed by atoms with Gasteiger partial charge in [0.2, 0.25) is 0 Å². The molecule has 0 amide bonds. The molecule has 0 heterocycles. The zero-order chi connectivity index (χ0) is 7.28. The fourth-order valence-electron chi connectivity index (χ4n) is 0.358. The highest BCUT2D eigenvalue weighted by atomic mass is 16.5. The van der Waals surface area contributed by atoms with Crippen LogP contribution < -0.4 is 0 Å². The number of ketones is 1. The average Bonchev–Trinajstić information content (AvgIpc) is 1.87. The summed E-state index contributed by atoms with van der Waals surface area (Å²) in [4.78, 5) is 20.8. The molecule has 0 aromatic carbocycles. The van der Waals surface area contributed by atoms with Crippen molar-refractivity contribution in [3.63, 3.8) is 0 Å². The maximum Gasteiger partial charge on any atom is 0.312 e. The summed E-state index contributed by atoms with van der Waals surface area (Å²) in [6.45, 7) is 0. The first-order valence-corrected chi connectivity index (χ1v) is 2.79. The van der Waals surface area contributed by atoms with E-state index in [1.165, 1.54) is 7.11 Å². The van der Waals surface area contributed by atoms with E-state index < -0.39 is 5.97 Å². The Hall–Kier alpha value is -0.795. The third kappa shape index (κ3) is 3.76. The summed E-state index contributed by atoms with van der Waals surface area (Å²) < 4.78 is 4.26. The van der Waals surface area contributed by atoms with Crippen molar-refractivity contribution in [2.45, 2.75) is 12.7 Å². The molecule has 0 aromatic rings. The van der Waals surface area contributed by atoms with Gasteiger partial charge in [-0.15, -0.1) is 0 Å². The van der Waals surface area contributed by atoms with Crippen molar-refractivity contribution in [2.24, 2.45) is 0 Å². The van der Waals surface area contributed by atoms with Crippen molar-refractivity contribution in [3.8, 4) is 0 Å². The van der Waals surface area contributed by atoms with Gasteiger partial charge in [-0.3, -0.25) is 9.59 Å². The van der Waals surface area contributed by atoms with Crippen LogP contribution in [0.4, 0.5) is 0 Å². The predicted molar refractivity (Wildman–Crippen MR) is 35.0 cm³/mol. The van der Waals surface area contributed by atoms with Crippen molar-refractivity contribution in [2.75, 3.05) is 7.11 Å². The number of esters is 1. The smallest absolute Gasteiger partial charge is 0.312 e. The van der Waals surface area contributed by atoms with Gasteiger partial charge in [0.25, 0.3) is 0 Å². The van der Waals surface area contributed by atoms with Crippen molar-refractivity contribution in [1.29, 1.82) is 0 Å². The highest BCUT2D eigenvalue weighted by Crippen LogP contribution is 1.88. The monoisotopic (exact) mass is 128 g/mol. The zero-order valence-electron chi connectivity index (χ0n) is 5.64. The van der Waals surface area contributed by atoms with E-state index in [2.05, 4.69) is 4.74 Å². The zero-order valence-corrected chi connectivity index (χ0v) is 5.64. The lowest BCUT2D eigenvalue weighted by Crippen LogP contribution is -2.07. The van der Waals surface area contributed by atoms with Gasteiger partial charge in [-0.25, -0.2) is 0 Å². The number of hydrogen-bond acceptors (Lipinski definition) is 3. The van der Waals surface area contributed by atoms with E-state index in [4.69, 9.17) is 0 Å². The highest BCUT2D eigenvalue weighted by molar-refractivity contribution is 6.22. The Morgan fingerprint density at radius 3 is 2.44 bits per heavy atom. The molecule has 0 unspecified atom stereocenters. The SMILES string of the molecule is BCC(=O)CC(=O)OC. The molecule has 0 spiro atoms. The van der Waals surface area contributed by atoms with E-state index in [1.807, 2.05) is 0 Å². The van der Waals surface area contributed by atoms with Crippen LogP contribution in [-0.2, 0) is 14.3 Å². The Labute approximate surface area is 54.8 Å². The summed E-state index contributed by atoms with van der Waals surface area (Å²) in [7, 11) is 2.98. The van der Waals surface area contributed by atoms with E-state index >= 15 is 0 Å². The molecule has 0 aliphatic carbocycles. The molecule has 4 heteroatoms. The van der Waals surface area contributed by atoms with E-state index in [0.29, 0.717) is 6.32 Å². The van der Waals surface area contributed by atoms with Gasteiger partial charge in [0.15, 0.2) is 0 Å². The van der Waals surface area contributed by atoms with Crippen LogP contribution in [0.3, 0.4) is 0 Å². The lowest BCUT2D eigenvalue weighted by molar-refractivity contribution is -0.142. The van der Waals surface area contributed by atoms with E-state index in [9.17, 15) is 9.59 Å². The van der Waals surface area contributed by atoms with Crippen molar-refractivity contribution in [3.05, 3.63) is 0 Å². The summed E-state index contributed by atoms with van der Waals surface area (Å²) in [6, 6.07) is 0. The summed E-state index contributed by atoms with van der Waals surface area (Å²) >= 11 is 0. The molecule has 9 heavy (non-hydrogen) atoms. The summed E-state index contributed by atoms with van der Waals surface area (Å²) in [5.74, 6) is -0.538. The normalized spacial score (nSPS) is 8.56. The maximum atomic E-state index is 10.5. The van der Waals surface area contributed by atoms with E-state index in [1.54, 1.807) is 7.85 Å². The number of rotatable bonds is 3. The molecule has 0 bridgehead atoms. The molecule has 0 aromatic heterocycles. The van der Waals surface area contributed by atoms with Gasteiger partial charge < -0.3 is 4.74 Å². The van der Waals surface area contributed by atoms with Gasteiger partial charge in [-0.1, -0.05) is 0 Å². The quantitative estimate of drug-likeness (QED) is 0.283. The van der Waals surface area contributed by atoms with Crippen LogP contribution >= 0.6 is 0 Å². The number of hydrogen-bond donors (Lipinski definition) is 0. The first-order chi connectivity index (χ1) is 4.20. The fourth-order valence-corrected chi connectivity index (χ4v) is 0.358. The second-order valence-corrected chi connectivity index (χ2v) is 1.65. The van der Waals surface area contributed by atoms with Gasteiger partial charge in [-0.05, 0) is 6.32 Å². The molecule has 0 aliphatic rings. The van der Waals surface area contributed by atoms with Crippen LogP contribution in [0.5, 0.6) is 0 Å². The lowest BCUT2D eigenvalue weighted by Gasteiger charge is -1.93. The number of Topliss-reactive ketones (excluding diaryl/α,β-unsaturated/α-hetero) is 1. The maximum absolute atomic E-state index is 10.5. The minimum atomic E-state index is -0.457. The largest absolute Gasteiger partial charge is 0.469 e. The van der Waals surface area contributed by atoms with Crippen LogP contribution in [0, 0.1) is 0 Å². The van der Waals surface area contributed by atoms with Crippen molar-refractivity contribution < 1.29 is 14.3 Å². The van der Waals surface area contributed by atoms with Gasteiger partial charge in [0.1, 0.15) is 20.1 Å². The molecular weight excluding hydrogens is 119 g/mol. The minimum Gasteiger partial charge on any atom is -0.469 e. The first kappa shape index (κ1) is 8.20. The summed E-state index contributed by atoms with van der Waals surface area (Å²) in [5.41, 5.74) is 0. The van der Waals surface area contributed by atoms with Gasteiger partial charge in [-0.2, -0.15) is 0 Å². The molecule has 0 saturated heterocycles. The number of carbonyl (C=O) groups is 2. The van der Waals surface area contributed by atoms with Gasteiger partial charge >= 0.3 is 5.97 Å². The summed E-state index contributed by atoms with van der Waals surface area (Å²) in [5, 5.41) is 0.